The maximum atomic E-state index is 6.20. The van der Waals surface area contributed by atoms with Crippen LogP contribution in [-0.2, 0) is 0 Å². The Morgan fingerprint density at radius 1 is 1.35 bits per heavy atom. The molecule has 0 amide bonds. The lowest BCUT2D eigenvalue weighted by molar-refractivity contribution is 0.745. The molecule has 1 unspecified atom stereocenters. The van der Waals surface area contributed by atoms with Crippen molar-refractivity contribution < 1.29 is 0 Å². The predicted octanol–water partition coefficient (Wildman–Crippen LogP) is 4.02. The molecule has 0 saturated carbocycles. The first-order valence-corrected chi connectivity index (χ1v) is 6.36. The molecule has 1 heteroatoms. The quantitative estimate of drug-likeness (QED) is 0.719. The van der Waals surface area contributed by atoms with E-state index in [0.717, 1.165) is 25.0 Å². The van der Waals surface area contributed by atoms with Gasteiger partial charge in [-0.1, -0.05) is 47.6 Å². The highest BCUT2D eigenvalue weighted by Gasteiger charge is 2.13. The number of nitrogens with two attached hydrogens (primary N) is 1. The molecule has 0 fully saturated rings. The summed E-state index contributed by atoms with van der Waals surface area (Å²) in [6.07, 6.45) is 16.5. The molecule has 0 aromatic heterocycles. The lowest BCUT2D eigenvalue weighted by Crippen LogP contribution is -2.09. The fraction of sp³-hybridized carbons (Fsp3) is 0.375. The monoisotopic (exact) mass is 227 g/mol. The standard InChI is InChI=1S/C16H21N/c1-3-4-15-8-7-13-9-12(2)5-6-14(10-13)11-16(15)17/h3-6,9-10,14H,7-8,11,17H2,1-2H3/b4-3-,16-15+. The molecule has 0 heterocycles. The third kappa shape index (κ3) is 3.00. The summed E-state index contributed by atoms with van der Waals surface area (Å²) in [4.78, 5) is 0. The van der Waals surface area contributed by atoms with Gasteiger partial charge in [0.15, 0.2) is 0 Å². The molecule has 0 aromatic rings. The highest BCUT2D eigenvalue weighted by Crippen LogP contribution is 2.28. The largest absolute Gasteiger partial charge is 0.402 e. The van der Waals surface area contributed by atoms with E-state index in [-0.39, 0.29) is 0 Å². The molecule has 0 aliphatic heterocycles. The molecular formula is C16H21N. The molecule has 0 spiro atoms. The van der Waals surface area contributed by atoms with Gasteiger partial charge in [0.2, 0.25) is 0 Å². The Bertz CT molecular complexity index is 444. The minimum Gasteiger partial charge on any atom is -0.402 e. The van der Waals surface area contributed by atoms with Gasteiger partial charge >= 0.3 is 0 Å². The van der Waals surface area contributed by atoms with E-state index in [4.69, 9.17) is 5.73 Å². The van der Waals surface area contributed by atoms with Crippen LogP contribution in [0.2, 0.25) is 0 Å². The highest BCUT2D eigenvalue weighted by molar-refractivity contribution is 5.37. The van der Waals surface area contributed by atoms with Gasteiger partial charge in [-0.05, 0) is 38.7 Å². The van der Waals surface area contributed by atoms with Crippen LogP contribution in [0.3, 0.4) is 0 Å². The predicted molar refractivity (Wildman–Crippen MR) is 74.3 cm³/mol. The Labute approximate surface area is 104 Å². The van der Waals surface area contributed by atoms with Gasteiger partial charge < -0.3 is 5.73 Å². The fourth-order valence-corrected chi connectivity index (χ4v) is 2.49. The van der Waals surface area contributed by atoms with Crippen molar-refractivity contribution in [2.75, 3.05) is 0 Å². The third-order valence-electron chi connectivity index (χ3n) is 3.37. The Morgan fingerprint density at radius 2 is 2.18 bits per heavy atom. The molecule has 0 radical (unpaired) electrons. The summed E-state index contributed by atoms with van der Waals surface area (Å²) < 4.78 is 0. The van der Waals surface area contributed by atoms with Gasteiger partial charge in [-0.15, -0.1) is 0 Å². The SMILES string of the molecule is C/C=C\C1=C(/N)CC2C=CC(C)=CC(=C2)CC1. The normalized spacial score (nSPS) is 29.4. The fourth-order valence-electron chi connectivity index (χ4n) is 2.49. The van der Waals surface area contributed by atoms with Crippen molar-refractivity contribution in [3.8, 4) is 0 Å². The van der Waals surface area contributed by atoms with Crippen molar-refractivity contribution >= 4 is 0 Å². The van der Waals surface area contributed by atoms with Crippen LogP contribution in [0.4, 0.5) is 0 Å². The van der Waals surface area contributed by atoms with E-state index in [1.54, 1.807) is 0 Å². The molecular weight excluding hydrogens is 206 g/mol. The zero-order valence-electron chi connectivity index (χ0n) is 10.7. The lowest BCUT2D eigenvalue weighted by atomic mass is 9.91. The summed E-state index contributed by atoms with van der Waals surface area (Å²) >= 11 is 0. The molecule has 1 atom stereocenters. The average molecular weight is 227 g/mol. The van der Waals surface area contributed by atoms with Gasteiger partial charge in [0.25, 0.3) is 0 Å². The van der Waals surface area contributed by atoms with Gasteiger partial charge in [-0.3, -0.25) is 0 Å². The number of rotatable bonds is 1. The van der Waals surface area contributed by atoms with Gasteiger partial charge in [-0.2, -0.15) is 0 Å². The second-order valence-corrected chi connectivity index (χ2v) is 4.91. The van der Waals surface area contributed by atoms with E-state index in [0.29, 0.717) is 5.92 Å². The van der Waals surface area contributed by atoms with E-state index in [2.05, 4.69) is 50.3 Å². The Morgan fingerprint density at radius 3 is 2.94 bits per heavy atom. The first kappa shape index (κ1) is 12.0. The molecule has 0 aromatic carbocycles. The second kappa shape index (κ2) is 5.22. The molecule has 90 valence electrons. The van der Waals surface area contributed by atoms with Gasteiger partial charge in [0.05, 0.1) is 0 Å². The molecule has 1 nitrogen and oxygen atoms in total. The van der Waals surface area contributed by atoms with Crippen LogP contribution in [-0.4, -0.2) is 0 Å². The molecule has 2 bridgehead atoms. The number of hydrogen-bond donors (Lipinski definition) is 1. The summed E-state index contributed by atoms with van der Waals surface area (Å²) in [6, 6.07) is 0. The minimum atomic E-state index is 0.458. The smallest absolute Gasteiger partial charge is 0.0122 e. The van der Waals surface area contributed by atoms with Crippen LogP contribution in [0.15, 0.2) is 58.9 Å². The Balaban J connectivity index is 2.29. The topological polar surface area (TPSA) is 26.0 Å². The molecule has 2 aliphatic rings. The van der Waals surface area contributed by atoms with E-state index in [9.17, 15) is 0 Å². The van der Waals surface area contributed by atoms with Crippen molar-refractivity contribution in [3.63, 3.8) is 0 Å². The molecule has 17 heavy (non-hydrogen) atoms. The van der Waals surface area contributed by atoms with Crippen LogP contribution >= 0.6 is 0 Å². The lowest BCUT2D eigenvalue weighted by Gasteiger charge is -2.17. The minimum absolute atomic E-state index is 0.458. The average Bonchev–Trinajstić information content (AvgIpc) is 2.46. The number of fused-ring (bicyclic) bond motifs is 1. The van der Waals surface area contributed by atoms with Gasteiger partial charge in [0, 0.05) is 11.6 Å². The van der Waals surface area contributed by atoms with Crippen LogP contribution in [0.25, 0.3) is 0 Å². The highest BCUT2D eigenvalue weighted by atomic mass is 14.6. The van der Waals surface area contributed by atoms with E-state index < -0.39 is 0 Å². The summed E-state index contributed by atoms with van der Waals surface area (Å²) in [5.41, 5.74) is 11.4. The molecule has 2 N–H and O–H groups in total. The van der Waals surface area contributed by atoms with Crippen molar-refractivity contribution in [2.24, 2.45) is 11.7 Å². The third-order valence-corrected chi connectivity index (χ3v) is 3.37. The Hall–Kier alpha value is -1.50. The zero-order valence-corrected chi connectivity index (χ0v) is 10.7. The number of hydrogen-bond acceptors (Lipinski definition) is 1. The number of allylic oxidation sites excluding steroid dienone is 10. The van der Waals surface area contributed by atoms with E-state index >= 15 is 0 Å². The van der Waals surface area contributed by atoms with Crippen LogP contribution in [0.5, 0.6) is 0 Å². The zero-order chi connectivity index (χ0) is 12.3. The Kier molecular flexibility index (Phi) is 3.68. The van der Waals surface area contributed by atoms with E-state index in [1.807, 2.05) is 0 Å². The van der Waals surface area contributed by atoms with Crippen molar-refractivity contribution in [1.82, 2.24) is 0 Å². The summed E-state index contributed by atoms with van der Waals surface area (Å²) in [5.74, 6) is 0.458. The van der Waals surface area contributed by atoms with Crippen molar-refractivity contribution in [1.29, 1.82) is 0 Å². The first-order valence-electron chi connectivity index (χ1n) is 6.36. The molecule has 0 saturated heterocycles. The van der Waals surface area contributed by atoms with Crippen molar-refractivity contribution in [3.05, 3.63) is 58.9 Å². The molecule has 2 aliphatic carbocycles. The molecule has 2 rings (SSSR count). The first-order chi connectivity index (χ1) is 8.19. The summed E-state index contributed by atoms with van der Waals surface area (Å²) in [6.45, 7) is 4.21. The van der Waals surface area contributed by atoms with Crippen LogP contribution in [0.1, 0.15) is 33.1 Å². The van der Waals surface area contributed by atoms with Gasteiger partial charge in [0.1, 0.15) is 0 Å². The van der Waals surface area contributed by atoms with E-state index in [1.165, 1.54) is 16.7 Å². The second-order valence-electron chi connectivity index (χ2n) is 4.91. The maximum absolute atomic E-state index is 6.20. The van der Waals surface area contributed by atoms with Crippen LogP contribution < -0.4 is 5.73 Å². The summed E-state index contributed by atoms with van der Waals surface area (Å²) in [5, 5.41) is 0. The maximum Gasteiger partial charge on any atom is 0.0122 e. The summed E-state index contributed by atoms with van der Waals surface area (Å²) in [7, 11) is 0. The van der Waals surface area contributed by atoms with Crippen molar-refractivity contribution in [2.45, 2.75) is 33.1 Å². The van der Waals surface area contributed by atoms with Gasteiger partial charge in [-0.25, -0.2) is 0 Å². The van der Waals surface area contributed by atoms with Crippen LogP contribution in [0, 0.1) is 5.92 Å².